The molecule has 5 nitrogen and oxygen atoms in total. The molecule has 36 heavy (non-hydrogen) atoms. The monoisotopic (exact) mass is 491 g/mol. The van der Waals surface area contributed by atoms with Gasteiger partial charge in [-0.2, -0.15) is 0 Å². The summed E-state index contributed by atoms with van der Waals surface area (Å²) in [5, 5.41) is 3.06. The summed E-state index contributed by atoms with van der Waals surface area (Å²) in [6.45, 7) is 3.96. The molecule has 0 saturated carbocycles. The lowest BCUT2D eigenvalue weighted by Gasteiger charge is -2.10. The maximum atomic E-state index is 12.3. The minimum Gasteiger partial charge on any atom is -0.497 e. The van der Waals surface area contributed by atoms with Gasteiger partial charge in [0.1, 0.15) is 11.6 Å². The van der Waals surface area contributed by atoms with Crippen LogP contribution in [0.4, 0.5) is 0 Å². The molecule has 2 aromatic carbocycles. The van der Waals surface area contributed by atoms with Crippen LogP contribution in [0.1, 0.15) is 88.9 Å². The summed E-state index contributed by atoms with van der Waals surface area (Å²) in [6.07, 6.45) is 15.6. The number of benzene rings is 2. The number of nitrogens with zero attached hydrogens (tertiary/aromatic N) is 2. The van der Waals surface area contributed by atoms with Crippen LogP contribution in [0.2, 0.25) is 0 Å². The molecule has 3 aromatic rings. The first-order valence-electron chi connectivity index (χ1n) is 14.0. The maximum absolute atomic E-state index is 12.3. The van der Waals surface area contributed by atoms with E-state index in [1.807, 2.05) is 24.3 Å². The third-order valence-electron chi connectivity index (χ3n) is 6.89. The van der Waals surface area contributed by atoms with Crippen LogP contribution in [0.25, 0.3) is 11.0 Å². The predicted molar refractivity (Wildman–Crippen MR) is 150 cm³/mol. The highest BCUT2D eigenvalue weighted by molar-refractivity contribution is 5.78. The van der Waals surface area contributed by atoms with E-state index in [4.69, 9.17) is 9.72 Å². The molecule has 1 aromatic heterocycles. The quantitative estimate of drug-likeness (QED) is 0.191. The van der Waals surface area contributed by atoms with E-state index in [1.54, 1.807) is 7.11 Å². The van der Waals surface area contributed by atoms with Crippen LogP contribution >= 0.6 is 0 Å². The fourth-order valence-corrected chi connectivity index (χ4v) is 4.79. The zero-order chi connectivity index (χ0) is 25.4. The van der Waals surface area contributed by atoms with Gasteiger partial charge in [-0.25, -0.2) is 4.98 Å². The molecule has 1 N–H and O–H groups in total. The van der Waals surface area contributed by atoms with Gasteiger partial charge in [-0.3, -0.25) is 4.79 Å². The Morgan fingerprint density at radius 3 is 2.22 bits per heavy atom. The van der Waals surface area contributed by atoms with Crippen molar-refractivity contribution in [3.05, 3.63) is 59.9 Å². The van der Waals surface area contributed by atoms with Gasteiger partial charge in [0.25, 0.3) is 0 Å². The fourth-order valence-electron chi connectivity index (χ4n) is 4.79. The number of aromatic nitrogens is 2. The third-order valence-corrected chi connectivity index (χ3v) is 6.89. The summed E-state index contributed by atoms with van der Waals surface area (Å²) in [5.74, 6) is 2.00. The molecule has 0 fully saturated rings. The Hall–Kier alpha value is -2.82. The molecule has 0 aliphatic rings. The van der Waals surface area contributed by atoms with Gasteiger partial charge >= 0.3 is 0 Å². The predicted octanol–water partition coefficient (Wildman–Crippen LogP) is 7.26. The summed E-state index contributed by atoms with van der Waals surface area (Å²) in [5.41, 5.74) is 3.29. The molecule has 0 aliphatic heterocycles. The number of hydrogen-bond donors (Lipinski definition) is 1. The average Bonchev–Trinajstić information content (AvgIpc) is 3.25. The minimum absolute atomic E-state index is 0.0547. The van der Waals surface area contributed by atoms with E-state index in [0.29, 0.717) is 13.0 Å². The summed E-state index contributed by atoms with van der Waals surface area (Å²) in [6, 6.07) is 16.1. The highest BCUT2D eigenvalue weighted by Gasteiger charge is 2.10. The van der Waals surface area contributed by atoms with Gasteiger partial charge in [0, 0.05) is 19.5 Å². The molecule has 0 unspecified atom stereocenters. The van der Waals surface area contributed by atoms with E-state index in [9.17, 15) is 4.79 Å². The molecule has 0 bridgehead atoms. The van der Waals surface area contributed by atoms with Gasteiger partial charge in [-0.15, -0.1) is 0 Å². The summed E-state index contributed by atoms with van der Waals surface area (Å²) in [4.78, 5) is 17.3. The second-order valence-electron chi connectivity index (χ2n) is 9.83. The lowest BCUT2D eigenvalue weighted by atomic mass is 10.1. The molecule has 1 heterocycles. The zero-order valence-electron chi connectivity index (χ0n) is 22.4. The van der Waals surface area contributed by atoms with Gasteiger partial charge in [0.05, 0.1) is 24.6 Å². The van der Waals surface area contributed by atoms with E-state index in [1.165, 1.54) is 69.7 Å². The normalized spacial score (nSPS) is 11.2. The van der Waals surface area contributed by atoms with Crippen molar-refractivity contribution in [1.29, 1.82) is 0 Å². The lowest BCUT2D eigenvalue weighted by Crippen LogP contribution is -2.26. The van der Waals surface area contributed by atoms with E-state index in [2.05, 4.69) is 41.1 Å². The highest BCUT2D eigenvalue weighted by Crippen LogP contribution is 2.19. The molecule has 0 aliphatic carbocycles. The highest BCUT2D eigenvalue weighted by atomic mass is 16.5. The smallest absolute Gasteiger partial charge is 0.224 e. The number of amides is 1. The Balaban J connectivity index is 1.39. The van der Waals surface area contributed by atoms with Crippen molar-refractivity contribution in [3.63, 3.8) is 0 Å². The van der Waals surface area contributed by atoms with E-state index >= 15 is 0 Å². The molecule has 0 radical (unpaired) electrons. The maximum Gasteiger partial charge on any atom is 0.224 e. The summed E-state index contributed by atoms with van der Waals surface area (Å²) >= 11 is 0. The summed E-state index contributed by atoms with van der Waals surface area (Å²) in [7, 11) is 1.65. The molecule has 0 saturated heterocycles. The molecule has 196 valence electrons. The van der Waals surface area contributed by atoms with Gasteiger partial charge in [0.2, 0.25) is 5.91 Å². The van der Waals surface area contributed by atoms with Crippen LogP contribution < -0.4 is 10.1 Å². The molecule has 1 amide bonds. The van der Waals surface area contributed by atoms with Crippen molar-refractivity contribution in [3.8, 4) is 5.75 Å². The van der Waals surface area contributed by atoms with Gasteiger partial charge in [-0.05, 0) is 42.7 Å². The lowest BCUT2D eigenvalue weighted by molar-refractivity contribution is -0.120. The first-order valence-corrected chi connectivity index (χ1v) is 14.0. The third kappa shape index (κ3) is 9.33. The van der Waals surface area contributed by atoms with Gasteiger partial charge < -0.3 is 14.6 Å². The topological polar surface area (TPSA) is 56.2 Å². The molecular formula is C31H45N3O2. The number of fused-ring (bicyclic) bond motifs is 1. The number of aryl methyl sites for hydroxylation is 2. The van der Waals surface area contributed by atoms with Crippen molar-refractivity contribution in [2.75, 3.05) is 13.7 Å². The van der Waals surface area contributed by atoms with Crippen LogP contribution in [-0.2, 0) is 24.2 Å². The average molecular weight is 492 g/mol. The van der Waals surface area contributed by atoms with Crippen molar-refractivity contribution in [2.45, 2.75) is 96.9 Å². The SMILES string of the molecule is CCCCCCCCCCCCn1c(CCCNC(=O)Cc2ccc(OC)cc2)nc2ccccc21. The molecular weight excluding hydrogens is 446 g/mol. The second kappa shape index (κ2) is 16.0. The largest absolute Gasteiger partial charge is 0.497 e. The van der Waals surface area contributed by atoms with Crippen LogP contribution in [0.3, 0.4) is 0 Å². The molecule has 0 atom stereocenters. The Morgan fingerprint density at radius 1 is 0.861 bits per heavy atom. The Kier molecular flexibility index (Phi) is 12.4. The number of nitrogens with one attached hydrogen (secondary N) is 1. The number of imidazole rings is 1. The number of carbonyl (C=O) groups is 1. The Morgan fingerprint density at radius 2 is 1.53 bits per heavy atom. The molecule has 5 heteroatoms. The van der Waals surface area contributed by atoms with Crippen molar-refractivity contribution >= 4 is 16.9 Å². The molecule has 3 rings (SSSR count). The Labute approximate surface area is 217 Å². The number of ether oxygens (including phenoxy) is 1. The fraction of sp³-hybridized carbons (Fsp3) is 0.548. The van der Waals surface area contributed by atoms with Crippen LogP contribution in [0.5, 0.6) is 5.75 Å². The number of carbonyl (C=O) groups excluding carboxylic acids is 1. The van der Waals surface area contributed by atoms with Gasteiger partial charge in [0.15, 0.2) is 0 Å². The van der Waals surface area contributed by atoms with Crippen LogP contribution in [0, 0.1) is 0 Å². The number of methoxy groups -OCH3 is 1. The number of rotatable bonds is 18. The first-order chi connectivity index (χ1) is 17.7. The standard InChI is InChI=1S/C31H45N3O2/c1-3-4-5-6-7-8-9-10-11-14-24-34-29-17-13-12-16-28(29)33-30(34)18-15-23-32-31(35)25-26-19-21-27(36-2)22-20-26/h12-13,16-17,19-22H,3-11,14-15,18,23-25H2,1-2H3,(H,32,35). The number of unbranched alkanes of at least 4 members (excludes halogenated alkanes) is 9. The van der Waals surface area contributed by atoms with Crippen molar-refractivity contribution < 1.29 is 9.53 Å². The number of hydrogen-bond acceptors (Lipinski definition) is 3. The van der Waals surface area contributed by atoms with E-state index in [-0.39, 0.29) is 5.91 Å². The zero-order valence-corrected chi connectivity index (χ0v) is 22.4. The number of para-hydroxylation sites is 2. The van der Waals surface area contributed by atoms with E-state index < -0.39 is 0 Å². The minimum atomic E-state index is 0.0547. The first kappa shape index (κ1) is 27.8. The van der Waals surface area contributed by atoms with E-state index in [0.717, 1.165) is 42.0 Å². The molecule has 0 spiro atoms. The van der Waals surface area contributed by atoms with Crippen LogP contribution in [0.15, 0.2) is 48.5 Å². The van der Waals surface area contributed by atoms with Crippen LogP contribution in [-0.4, -0.2) is 29.1 Å². The summed E-state index contributed by atoms with van der Waals surface area (Å²) < 4.78 is 7.58. The van der Waals surface area contributed by atoms with Gasteiger partial charge in [-0.1, -0.05) is 89.0 Å². The van der Waals surface area contributed by atoms with Crippen molar-refractivity contribution in [2.24, 2.45) is 0 Å². The second-order valence-corrected chi connectivity index (χ2v) is 9.83. The van der Waals surface area contributed by atoms with Crippen molar-refractivity contribution in [1.82, 2.24) is 14.9 Å². The Bertz CT molecular complexity index is 1030.